The first kappa shape index (κ1) is 36.8. The highest BCUT2D eigenvalue weighted by Crippen LogP contribution is 2.20. The van der Waals surface area contributed by atoms with E-state index in [2.05, 4.69) is 43.9 Å². The molecule has 0 aromatic heterocycles. The number of amidine groups is 2. The summed E-state index contributed by atoms with van der Waals surface area (Å²) < 4.78 is 17.3. The first-order valence-corrected chi connectivity index (χ1v) is 14.4. The van der Waals surface area contributed by atoms with Crippen LogP contribution in [0.15, 0.2) is 82.4 Å². The molecule has 0 heterocycles. The zero-order valence-electron chi connectivity index (χ0n) is 26.0. The van der Waals surface area contributed by atoms with Gasteiger partial charge in [0.05, 0.1) is 36.2 Å². The maximum absolute atomic E-state index is 11.1. The van der Waals surface area contributed by atoms with Gasteiger partial charge in [0.25, 0.3) is 0 Å². The minimum atomic E-state index is -0.705. The van der Waals surface area contributed by atoms with Crippen molar-refractivity contribution >= 4 is 17.9 Å². The van der Waals surface area contributed by atoms with E-state index in [1.165, 1.54) is 6.26 Å². The number of rotatable bonds is 20. The van der Waals surface area contributed by atoms with Gasteiger partial charge in [-0.2, -0.15) is 0 Å². The monoisotopic (exact) mass is 555 g/mol. The summed E-state index contributed by atoms with van der Waals surface area (Å²) in [5, 5.41) is 19.9. The lowest BCUT2D eigenvalue weighted by Crippen LogP contribution is -2.23. The van der Waals surface area contributed by atoms with Crippen molar-refractivity contribution in [3.8, 4) is 0 Å². The molecule has 0 bridgehead atoms. The molecule has 7 nitrogen and oxygen atoms in total. The fourth-order valence-electron chi connectivity index (χ4n) is 3.03. The SMILES string of the molecule is C=CC(C)C=NC(=NC(=N)C(/C=C\C(=C)OCCCC)=C\OCCCC)C(=C/C)/C(O)=C\C(C)(C)OCCCC. The van der Waals surface area contributed by atoms with Crippen molar-refractivity contribution in [3.05, 3.63) is 72.5 Å². The smallest absolute Gasteiger partial charge is 0.164 e. The van der Waals surface area contributed by atoms with Gasteiger partial charge in [-0.3, -0.25) is 5.41 Å². The number of ether oxygens (including phenoxy) is 3. The molecule has 0 aromatic rings. The van der Waals surface area contributed by atoms with Crippen molar-refractivity contribution in [2.24, 2.45) is 15.9 Å². The zero-order chi connectivity index (χ0) is 30.4. The fourth-order valence-corrected chi connectivity index (χ4v) is 3.03. The van der Waals surface area contributed by atoms with Crippen molar-refractivity contribution in [1.29, 1.82) is 5.41 Å². The summed E-state index contributed by atoms with van der Waals surface area (Å²) in [4.78, 5) is 9.06. The van der Waals surface area contributed by atoms with E-state index in [-0.39, 0.29) is 23.3 Å². The Bertz CT molecular complexity index is 968. The Balaban J connectivity index is 6.41. The van der Waals surface area contributed by atoms with Crippen LogP contribution in [0.3, 0.4) is 0 Å². The van der Waals surface area contributed by atoms with Gasteiger partial charge >= 0.3 is 0 Å². The Morgan fingerprint density at radius 1 is 1.02 bits per heavy atom. The summed E-state index contributed by atoms with van der Waals surface area (Å²) in [5.74, 6) is 0.524. The van der Waals surface area contributed by atoms with Crippen LogP contribution in [0.25, 0.3) is 0 Å². The maximum atomic E-state index is 11.1. The third-order valence-electron chi connectivity index (χ3n) is 5.62. The fraction of sp³-hybridized carbons (Fsp3) is 0.545. The highest BCUT2D eigenvalue weighted by atomic mass is 16.5. The lowest BCUT2D eigenvalue weighted by molar-refractivity contribution is 0.0162. The van der Waals surface area contributed by atoms with E-state index in [4.69, 9.17) is 19.6 Å². The Hall–Kier alpha value is -3.19. The van der Waals surface area contributed by atoms with E-state index < -0.39 is 5.60 Å². The van der Waals surface area contributed by atoms with Crippen LogP contribution in [-0.2, 0) is 14.2 Å². The molecule has 0 aliphatic rings. The van der Waals surface area contributed by atoms with Crippen molar-refractivity contribution < 1.29 is 19.3 Å². The minimum absolute atomic E-state index is 0.0306. The number of aliphatic hydroxyl groups is 1. The first-order chi connectivity index (χ1) is 19.0. The van der Waals surface area contributed by atoms with E-state index in [0.29, 0.717) is 36.7 Å². The minimum Gasteiger partial charge on any atom is -0.507 e. The molecular formula is C33H53N3O4. The van der Waals surface area contributed by atoms with E-state index in [1.807, 2.05) is 20.8 Å². The summed E-state index contributed by atoms with van der Waals surface area (Å²) in [6.07, 6.45) is 17.5. The molecule has 2 N–H and O–H groups in total. The van der Waals surface area contributed by atoms with Crippen molar-refractivity contribution in [1.82, 2.24) is 0 Å². The Morgan fingerprint density at radius 3 is 2.25 bits per heavy atom. The average Bonchev–Trinajstić information content (AvgIpc) is 2.91. The van der Waals surface area contributed by atoms with Crippen LogP contribution in [-0.4, -0.2) is 48.4 Å². The number of hydrogen-bond acceptors (Lipinski definition) is 5. The summed E-state index contributed by atoms with van der Waals surface area (Å²) >= 11 is 0. The standard InChI is InChI=1S/C33H53N3O4/c1-10-15-20-38-25-28(19-18-27(7)39-21-16-11-2)31(34)36-32(35-24-26(6)13-4)29(14-5)30(37)23-33(8,9)40-22-17-12-3/h13-14,18-19,23-26,34,37H,4,7,10-12,15-17,20-22H2,1-3,5-6,8-9H3/b19-18-,28-25-,29-14+,30-23+,34-31?,35-24?,36-32?. The molecule has 0 aliphatic carbocycles. The van der Waals surface area contributed by atoms with Crippen LogP contribution in [0, 0.1) is 11.3 Å². The van der Waals surface area contributed by atoms with E-state index in [9.17, 15) is 5.11 Å². The molecule has 0 saturated heterocycles. The summed E-state index contributed by atoms with van der Waals surface area (Å²) in [6.45, 7) is 23.2. The Morgan fingerprint density at radius 2 is 1.65 bits per heavy atom. The topological polar surface area (TPSA) is 96.5 Å². The molecule has 0 rings (SSSR count). The molecule has 0 aromatic carbocycles. The average molecular weight is 556 g/mol. The molecule has 40 heavy (non-hydrogen) atoms. The second kappa shape index (κ2) is 21.6. The largest absolute Gasteiger partial charge is 0.507 e. The van der Waals surface area contributed by atoms with Gasteiger partial charge < -0.3 is 19.3 Å². The quantitative estimate of drug-likeness (QED) is 0.0392. The van der Waals surface area contributed by atoms with Gasteiger partial charge in [0.15, 0.2) is 11.7 Å². The van der Waals surface area contributed by atoms with Crippen molar-refractivity contribution in [2.45, 2.75) is 92.6 Å². The molecule has 224 valence electrons. The van der Waals surface area contributed by atoms with E-state index in [0.717, 1.165) is 38.5 Å². The highest BCUT2D eigenvalue weighted by Gasteiger charge is 2.20. The van der Waals surface area contributed by atoms with Crippen molar-refractivity contribution in [2.75, 3.05) is 19.8 Å². The van der Waals surface area contributed by atoms with Gasteiger partial charge in [-0.05, 0) is 58.3 Å². The zero-order valence-corrected chi connectivity index (χ0v) is 26.0. The molecule has 0 amide bonds. The molecule has 0 radical (unpaired) electrons. The first-order valence-electron chi connectivity index (χ1n) is 14.4. The normalized spacial score (nSPS) is 14.6. The molecule has 7 heteroatoms. The van der Waals surface area contributed by atoms with Crippen LogP contribution >= 0.6 is 0 Å². The molecule has 0 fully saturated rings. The van der Waals surface area contributed by atoms with Gasteiger partial charge in [-0.1, -0.05) is 65.7 Å². The molecular weight excluding hydrogens is 502 g/mol. The van der Waals surface area contributed by atoms with Crippen LogP contribution in [0.4, 0.5) is 0 Å². The number of aliphatic hydroxyl groups excluding tert-OH is 1. The van der Waals surface area contributed by atoms with E-state index in [1.54, 1.807) is 43.5 Å². The van der Waals surface area contributed by atoms with Crippen molar-refractivity contribution in [3.63, 3.8) is 0 Å². The highest BCUT2D eigenvalue weighted by molar-refractivity contribution is 6.14. The Labute approximate surface area is 243 Å². The van der Waals surface area contributed by atoms with E-state index >= 15 is 0 Å². The molecule has 0 spiro atoms. The predicted octanol–water partition coefficient (Wildman–Crippen LogP) is 8.83. The number of nitrogens with one attached hydrogen (secondary N) is 1. The van der Waals surface area contributed by atoms with Gasteiger partial charge in [-0.15, -0.1) is 6.58 Å². The van der Waals surface area contributed by atoms with Gasteiger partial charge in [0.1, 0.15) is 11.5 Å². The predicted molar refractivity (Wildman–Crippen MR) is 171 cm³/mol. The van der Waals surface area contributed by atoms with Crippen LogP contribution in [0.2, 0.25) is 0 Å². The summed E-state index contributed by atoms with van der Waals surface area (Å²) in [6, 6.07) is 0. The number of nitrogens with zero attached hydrogens (tertiary/aromatic N) is 2. The van der Waals surface area contributed by atoms with Crippen LogP contribution < -0.4 is 0 Å². The molecule has 1 unspecified atom stereocenters. The third-order valence-corrected chi connectivity index (χ3v) is 5.62. The lowest BCUT2D eigenvalue weighted by Gasteiger charge is -2.22. The van der Waals surface area contributed by atoms with Crippen LogP contribution in [0.1, 0.15) is 87.0 Å². The van der Waals surface area contributed by atoms with Gasteiger partial charge in [0, 0.05) is 18.7 Å². The molecule has 1 atom stereocenters. The van der Waals surface area contributed by atoms with Gasteiger partial charge in [-0.25, -0.2) is 9.98 Å². The maximum Gasteiger partial charge on any atom is 0.164 e. The lowest BCUT2D eigenvalue weighted by atomic mass is 10.0. The number of aliphatic imine (C=N–C) groups is 2. The number of allylic oxidation sites excluding steroid dienone is 3. The van der Waals surface area contributed by atoms with Gasteiger partial charge in [0.2, 0.25) is 0 Å². The second-order valence-electron chi connectivity index (χ2n) is 9.99. The summed E-state index contributed by atoms with van der Waals surface area (Å²) in [5.41, 5.74) is 0.0958. The van der Waals surface area contributed by atoms with Crippen LogP contribution in [0.5, 0.6) is 0 Å². The molecule has 0 saturated carbocycles. The molecule has 0 aliphatic heterocycles. The number of hydrogen-bond donors (Lipinski definition) is 2. The number of unbranched alkanes of at least 4 members (excludes halogenated alkanes) is 3. The Kier molecular flexibility index (Phi) is 19.9. The summed E-state index contributed by atoms with van der Waals surface area (Å²) in [7, 11) is 0. The second-order valence-corrected chi connectivity index (χ2v) is 9.99. The third kappa shape index (κ3) is 16.7.